The molecule has 0 atom stereocenters. The third-order valence-corrected chi connectivity index (χ3v) is 6.27. The van der Waals surface area contributed by atoms with E-state index in [1.54, 1.807) is 11.4 Å². The zero-order valence-corrected chi connectivity index (χ0v) is 14.7. The van der Waals surface area contributed by atoms with Crippen LogP contribution in [0.5, 0.6) is 11.5 Å². The van der Waals surface area contributed by atoms with E-state index in [2.05, 4.69) is 5.32 Å². The minimum atomic E-state index is -3.67. The van der Waals surface area contributed by atoms with Gasteiger partial charge in [-0.2, -0.15) is 0 Å². The summed E-state index contributed by atoms with van der Waals surface area (Å²) >= 11 is 7.07. The van der Waals surface area contributed by atoms with E-state index in [-0.39, 0.29) is 14.9 Å². The maximum atomic E-state index is 12.1. The molecule has 1 N–H and O–H groups in total. The molecule has 9 heteroatoms. The van der Waals surface area contributed by atoms with Crippen LogP contribution in [0.15, 0.2) is 33.9 Å². The molecule has 0 aliphatic carbocycles. The maximum Gasteiger partial charge on any atom is 0.240 e. The van der Waals surface area contributed by atoms with Crippen molar-refractivity contribution >= 4 is 44.4 Å². The molecule has 0 bridgehead atoms. The molecule has 2 aromatic rings. The summed E-state index contributed by atoms with van der Waals surface area (Å²) in [6, 6.07) is 6.01. The van der Waals surface area contributed by atoms with E-state index in [1.807, 2.05) is 0 Å². The first-order valence-electron chi connectivity index (χ1n) is 6.35. The van der Waals surface area contributed by atoms with Gasteiger partial charge in [0.2, 0.25) is 5.91 Å². The Balaban J connectivity index is 2.19. The summed E-state index contributed by atoms with van der Waals surface area (Å²) in [7, 11) is -0.803. The first kappa shape index (κ1) is 17.6. The van der Waals surface area contributed by atoms with E-state index in [4.69, 9.17) is 21.1 Å². The van der Waals surface area contributed by atoms with Gasteiger partial charge in [-0.3, -0.25) is 4.79 Å². The highest BCUT2D eigenvalue weighted by atomic mass is 35.5. The van der Waals surface area contributed by atoms with Crippen LogP contribution in [0.2, 0.25) is 5.02 Å². The van der Waals surface area contributed by atoms with E-state index in [0.29, 0.717) is 11.5 Å². The zero-order chi connectivity index (χ0) is 17.0. The summed E-state index contributed by atoms with van der Waals surface area (Å²) in [6.07, 6.45) is 0. The lowest BCUT2D eigenvalue weighted by Crippen LogP contribution is -2.22. The lowest BCUT2D eigenvalue weighted by molar-refractivity contribution is -0.113. The molecule has 1 heterocycles. The second-order valence-electron chi connectivity index (χ2n) is 4.43. The van der Waals surface area contributed by atoms with Crippen molar-refractivity contribution < 1.29 is 22.7 Å². The number of carbonyl (C=O) groups is 1. The molecule has 1 amide bonds. The summed E-state index contributed by atoms with van der Waals surface area (Å²) in [5, 5.41) is 4.40. The van der Waals surface area contributed by atoms with Gasteiger partial charge in [-0.25, -0.2) is 8.42 Å². The van der Waals surface area contributed by atoms with Gasteiger partial charge < -0.3 is 14.8 Å². The van der Waals surface area contributed by atoms with Gasteiger partial charge in [-0.1, -0.05) is 17.7 Å². The van der Waals surface area contributed by atoms with Gasteiger partial charge in [-0.05, 0) is 17.5 Å². The first-order chi connectivity index (χ1) is 10.9. The van der Waals surface area contributed by atoms with Crippen molar-refractivity contribution in [3.05, 3.63) is 34.7 Å². The van der Waals surface area contributed by atoms with Crippen LogP contribution in [0.25, 0.3) is 0 Å². The molecule has 0 saturated carbocycles. The molecule has 2 rings (SSSR count). The summed E-state index contributed by atoms with van der Waals surface area (Å²) in [5.74, 6) is -0.654. The highest BCUT2D eigenvalue weighted by Crippen LogP contribution is 2.35. The topological polar surface area (TPSA) is 81.7 Å². The normalized spacial score (nSPS) is 11.1. The predicted octanol–water partition coefficient (Wildman–Crippen LogP) is 2.83. The molecule has 23 heavy (non-hydrogen) atoms. The number of amides is 1. The fraction of sp³-hybridized carbons (Fsp3) is 0.214. The third kappa shape index (κ3) is 4.15. The second kappa shape index (κ2) is 7.20. The van der Waals surface area contributed by atoms with E-state index in [9.17, 15) is 13.2 Å². The fourth-order valence-corrected chi connectivity index (χ4v) is 4.29. The van der Waals surface area contributed by atoms with Crippen LogP contribution < -0.4 is 14.8 Å². The fourth-order valence-electron chi connectivity index (χ4n) is 1.83. The smallest absolute Gasteiger partial charge is 0.240 e. The molecule has 0 aliphatic heterocycles. The van der Waals surface area contributed by atoms with Crippen LogP contribution in [0.3, 0.4) is 0 Å². The number of thiophene rings is 1. The standard InChI is InChI=1S/C14H14ClNO5S2/c1-20-11-7-12(21-2)10(6-9(11)15)16-13(17)8-23(18,19)14-4-3-5-22-14/h3-7H,8H2,1-2H3,(H,16,17). The number of anilines is 1. The van der Waals surface area contributed by atoms with Crippen LogP contribution in [0.1, 0.15) is 0 Å². The lowest BCUT2D eigenvalue weighted by Gasteiger charge is -2.13. The molecule has 0 radical (unpaired) electrons. The third-order valence-electron chi connectivity index (χ3n) is 2.87. The Bertz CT molecular complexity index is 803. The molecule has 1 aromatic heterocycles. The van der Waals surface area contributed by atoms with Gasteiger partial charge in [0.25, 0.3) is 0 Å². The van der Waals surface area contributed by atoms with Crippen LogP contribution in [0.4, 0.5) is 5.69 Å². The lowest BCUT2D eigenvalue weighted by atomic mass is 10.2. The average molecular weight is 376 g/mol. The number of rotatable bonds is 6. The minimum Gasteiger partial charge on any atom is -0.495 e. The second-order valence-corrected chi connectivity index (χ2v) is 8.00. The van der Waals surface area contributed by atoms with E-state index in [1.165, 1.54) is 32.4 Å². The van der Waals surface area contributed by atoms with Crippen LogP contribution in [-0.2, 0) is 14.6 Å². The van der Waals surface area contributed by atoms with Crippen molar-refractivity contribution in [2.75, 3.05) is 25.3 Å². The molecule has 0 aliphatic rings. The molecule has 0 saturated heterocycles. The quantitative estimate of drug-likeness (QED) is 0.839. The number of benzene rings is 1. The maximum absolute atomic E-state index is 12.1. The number of ether oxygens (including phenoxy) is 2. The van der Waals surface area contributed by atoms with E-state index >= 15 is 0 Å². The van der Waals surface area contributed by atoms with Crippen molar-refractivity contribution in [2.45, 2.75) is 4.21 Å². The largest absolute Gasteiger partial charge is 0.495 e. The number of hydrogen-bond donors (Lipinski definition) is 1. The number of sulfone groups is 1. The number of halogens is 1. The van der Waals surface area contributed by atoms with Crippen molar-refractivity contribution in [1.82, 2.24) is 0 Å². The average Bonchev–Trinajstić information content (AvgIpc) is 3.02. The van der Waals surface area contributed by atoms with E-state index < -0.39 is 21.5 Å². The minimum absolute atomic E-state index is 0.146. The van der Waals surface area contributed by atoms with Gasteiger partial charge in [0.05, 0.1) is 24.9 Å². The Kier molecular flexibility index (Phi) is 5.51. The SMILES string of the molecule is COc1cc(OC)c(NC(=O)CS(=O)(=O)c2cccs2)cc1Cl. The van der Waals surface area contributed by atoms with Crippen molar-refractivity contribution in [1.29, 1.82) is 0 Å². The van der Waals surface area contributed by atoms with Crippen LogP contribution in [0, 0.1) is 0 Å². The molecule has 124 valence electrons. The molecule has 0 fully saturated rings. The Morgan fingerprint density at radius 3 is 2.52 bits per heavy atom. The number of carbonyl (C=O) groups excluding carboxylic acids is 1. The van der Waals surface area contributed by atoms with Gasteiger partial charge >= 0.3 is 0 Å². The summed E-state index contributed by atoms with van der Waals surface area (Å²) in [5.41, 5.74) is 0.268. The molecule has 0 spiro atoms. The van der Waals surface area contributed by atoms with Crippen LogP contribution in [-0.4, -0.2) is 34.3 Å². The number of methoxy groups -OCH3 is 2. The zero-order valence-electron chi connectivity index (χ0n) is 12.3. The van der Waals surface area contributed by atoms with Crippen molar-refractivity contribution in [3.63, 3.8) is 0 Å². The van der Waals surface area contributed by atoms with Crippen molar-refractivity contribution in [3.8, 4) is 11.5 Å². The van der Waals surface area contributed by atoms with Gasteiger partial charge in [0, 0.05) is 6.07 Å². The number of hydrogen-bond acceptors (Lipinski definition) is 6. The monoisotopic (exact) mass is 375 g/mol. The first-order valence-corrected chi connectivity index (χ1v) is 9.26. The summed E-state index contributed by atoms with van der Waals surface area (Å²) < 4.78 is 34.5. The Morgan fingerprint density at radius 1 is 1.26 bits per heavy atom. The van der Waals surface area contributed by atoms with Gasteiger partial charge in [0.1, 0.15) is 21.5 Å². The Labute approximate surface area is 142 Å². The summed E-state index contributed by atoms with van der Waals surface area (Å²) in [4.78, 5) is 12.0. The Hall–Kier alpha value is -1.77. The molecule has 0 unspecified atom stereocenters. The highest BCUT2D eigenvalue weighted by Gasteiger charge is 2.21. The molecular weight excluding hydrogens is 362 g/mol. The highest BCUT2D eigenvalue weighted by molar-refractivity contribution is 7.94. The molecular formula is C14H14ClNO5S2. The van der Waals surface area contributed by atoms with E-state index in [0.717, 1.165) is 11.3 Å². The Morgan fingerprint density at radius 2 is 1.96 bits per heavy atom. The predicted molar refractivity (Wildman–Crippen MR) is 89.6 cm³/mol. The van der Waals surface area contributed by atoms with Gasteiger partial charge in [-0.15, -0.1) is 11.3 Å². The molecule has 1 aromatic carbocycles. The van der Waals surface area contributed by atoms with Gasteiger partial charge in [0.15, 0.2) is 9.84 Å². The number of nitrogens with one attached hydrogen (secondary N) is 1. The van der Waals surface area contributed by atoms with Crippen molar-refractivity contribution in [2.24, 2.45) is 0 Å². The summed E-state index contributed by atoms with van der Waals surface area (Å²) in [6.45, 7) is 0. The van der Waals surface area contributed by atoms with Crippen LogP contribution >= 0.6 is 22.9 Å². The molecule has 6 nitrogen and oxygen atoms in total.